The molecule has 1 saturated heterocycles. The zero-order chi connectivity index (χ0) is 23.2. The topological polar surface area (TPSA) is 71.4 Å². The zero-order valence-electron chi connectivity index (χ0n) is 17.8. The Morgan fingerprint density at radius 1 is 1.09 bits per heavy atom. The molecule has 8 heteroatoms. The van der Waals surface area contributed by atoms with E-state index >= 15 is 0 Å². The van der Waals surface area contributed by atoms with Crippen molar-refractivity contribution in [1.82, 2.24) is 14.8 Å². The quantitative estimate of drug-likeness (QED) is 0.412. The van der Waals surface area contributed by atoms with Gasteiger partial charge in [0.25, 0.3) is 5.91 Å². The zero-order valence-corrected chi connectivity index (χ0v) is 19.4. The SMILES string of the molecule is Cc1cc(C(=O)CN2C(=O)NC(C)(c3cccc(Br)c3)C2=O)c(C)n1-c1ccccc1F. The maximum Gasteiger partial charge on any atom is 0.325 e. The fraction of sp³-hybridized carbons (Fsp3) is 0.208. The summed E-state index contributed by atoms with van der Waals surface area (Å²) in [5, 5.41) is 2.70. The fourth-order valence-electron chi connectivity index (χ4n) is 4.11. The maximum absolute atomic E-state index is 14.3. The summed E-state index contributed by atoms with van der Waals surface area (Å²) in [5.41, 5.74) is 1.22. The molecule has 0 spiro atoms. The molecule has 1 unspecified atom stereocenters. The van der Waals surface area contributed by atoms with E-state index in [9.17, 15) is 18.8 Å². The molecule has 1 aliphatic heterocycles. The number of Topliss-reactive ketones (excluding diaryl/α,β-unsaturated/α-hetero) is 1. The summed E-state index contributed by atoms with van der Waals surface area (Å²) in [5.74, 6) is -1.31. The number of urea groups is 1. The van der Waals surface area contributed by atoms with Crippen LogP contribution in [0.5, 0.6) is 0 Å². The number of nitrogens with one attached hydrogen (secondary N) is 1. The highest BCUT2D eigenvalue weighted by atomic mass is 79.9. The Kier molecular flexibility index (Phi) is 5.50. The highest BCUT2D eigenvalue weighted by Crippen LogP contribution is 2.31. The third-order valence-electron chi connectivity index (χ3n) is 5.80. The van der Waals surface area contributed by atoms with Gasteiger partial charge in [0.2, 0.25) is 0 Å². The summed E-state index contributed by atoms with van der Waals surface area (Å²) in [6.07, 6.45) is 0. The summed E-state index contributed by atoms with van der Waals surface area (Å²) in [7, 11) is 0. The second kappa shape index (κ2) is 8.02. The Bertz CT molecular complexity index is 1270. The van der Waals surface area contributed by atoms with Gasteiger partial charge in [0.1, 0.15) is 11.4 Å². The second-order valence-electron chi connectivity index (χ2n) is 7.95. The van der Waals surface area contributed by atoms with E-state index in [1.54, 1.807) is 67.8 Å². The molecule has 2 heterocycles. The van der Waals surface area contributed by atoms with Crippen molar-refractivity contribution in [2.75, 3.05) is 6.54 Å². The van der Waals surface area contributed by atoms with Gasteiger partial charge in [0, 0.05) is 21.4 Å². The number of hydrogen-bond acceptors (Lipinski definition) is 3. The Labute approximate surface area is 193 Å². The number of carbonyl (C=O) groups is 3. The lowest BCUT2D eigenvalue weighted by molar-refractivity contribution is -0.130. The fourth-order valence-corrected chi connectivity index (χ4v) is 4.51. The molecule has 3 amide bonds. The lowest BCUT2D eigenvalue weighted by Gasteiger charge is -2.22. The number of benzene rings is 2. The highest BCUT2D eigenvalue weighted by molar-refractivity contribution is 9.10. The van der Waals surface area contributed by atoms with Gasteiger partial charge in [-0.25, -0.2) is 9.18 Å². The molecule has 4 rings (SSSR count). The van der Waals surface area contributed by atoms with Gasteiger partial charge in [-0.05, 0) is 56.7 Å². The van der Waals surface area contributed by atoms with Crippen molar-refractivity contribution < 1.29 is 18.8 Å². The van der Waals surface area contributed by atoms with E-state index in [4.69, 9.17) is 0 Å². The minimum absolute atomic E-state index is 0.332. The minimum Gasteiger partial charge on any atom is -0.319 e. The number of hydrogen-bond donors (Lipinski definition) is 1. The van der Waals surface area contributed by atoms with Crippen LogP contribution in [0.2, 0.25) is 0 Å². The van der Waals surface area contributed by atoms with Gasteiger partial charge in [-0.1, -0.05) is 40.2 Å². The molecule has 0 saturated carbocycles. The third kappa shape index (κ3) is 3.54. The largest absolute Gasteiger partial charge is 0.325 e. The highest BCUT2D eigenvalue weighted by Gasteiger charge is 2.49. The molecule has 2 aromatic carbocycles. The molecule has 3 aromatic rings. The number of imide groups is 1. The van der Waals surface area contributed by atoms with E-state index < -0.39 is 35.6 Å². The predicted molar refractivity (Wildman–Crippen MR) is 121 cm³/mol. The van der Waals surface area contributed by atoms with Crippen LogP contribution in [0.4, 0.5) is 9.18 Å². The van der Waals surface area contributed by atoms with E-state index in [1.807, 2.05) is 6.07 Å². The molecule has 6 nitrogen and oxygen atoms in total. The molecule has 1 fully saturated rings. The minimum atomic E-state index is -1.27. The molecule has 0 aliphatic carbocycles. The Hall–Kier alpha value is -3.26. The van der Waals surface area contributed by atoms with Gasteiger partial charge >= 0.3 is 6.03 Å². The summed E-state index contributed by atoms with van der Waals surface area (Å²) in [6.45, 7) is 4.69. The van der Waals surface area contributed by atoms with E-state index in [2.05, 4.69) is 21.2 Å². The molecular formula is C24H21BrFN3O3. The maximum atomic E-state index is 14.3. The van der Waals surface area contributed by atoms with Crippen LogP contribution in [0.25, 0.3) is 5.69 Å². The lowest BCUT2D eigenvalue weighted by Crippen LogP contribution is -2.41. The van der Waals surface area contributed by atoms with Gasteiger partial charge in [-0.15, -0.1) is 0 Å². The average molecular weight is 498 g/mol. The monoisotopic (exact) mass is 497 g/mol. The van der Waals surface area contributed by atoms with Crippen LogP contribution in [0.1, 0.15) is 34.2 Å². The summed E-state index contributed by atoms with van der Waals surface area (Å²) in [6, 6.07) is 14.4. The lowest BCUT2D eigenvalue weighted by atomic mass is 9.92. The van der Waals surface area contributed by atoms with E-state index in [-0.39, 0.29) is 0 Å². The normalized spacial score (nSPS) is 18.2. The van der Waals surface area contributed by atoms with E-state index in [1.165, 1.54) is 6.07 Å². The van der Waals surface area contributed by atoms with Crippen LogP contribution >= 0.6 is 15.9 Å². The third-order valence-corrected chi connectivity index (χ3v) is 6.30. The van der Waals surface area contributed by atoms with Crippen LogP contribution in [0, 0.1) is 19.7 Å². The van der Waals surface area contributed by atoms with Gasteiger partial charge in [0.05, 0.1) is 12.2 Å². The Balaban J connectivity index is 1.63. The summed E-state index contributed by atoms with van der Waals surface area (Å²) in [4.78, 5) is 39.8. The second-order valence-corrected chi connectivity index (χ2v) is 8.87. The number of amides is 3. The number of carbonyl (C=O) groups excluding carboxylic acids is 3. The van der Waals surface area contributed by atoms with E-state index in [0.29, 0.717) is 28.2 Å². The van der Waals surface area contributed by atoms with Gasteiger partial charge < -0.3 is 9.88 Å². The van der Waals surface area contributed by atoms with Crippen LogP contribution in [-0.2, 0) is 10.3 Å². The molecule has 32 heavy (non-hydrogen) atoms. The average Bonchev–Trinajstić information content (AvgIpc) is 3.16. The number of halogens is 2. The molecule has 1 N–H and O–H groups in total. The Morgan fingerprint density at radius 2 is 1.81 bits per heavy atom. The first-order chi connectivity index (χ1) is 15.1. The molecule has 0 radical (unpaired) electrons. The van der Waals surface area contributed by atoms with Crippen molar-refractivity contribution in [3.8, 4) is 5.69 Å². The first-order valence-corrected chi connectivity index (χ1v) is 10.8. The van der Waals surface area contributed by atoms with Crippen molar-refractivity contribution in [2.45, 2.75) is 26.3 Å². The molecule has 1 atom stereocenters. The smallest absolute Gasteiger partial charge is 0.319 e. The van der Waals surface area contributed by atoms with Crippen molar-refractivity contribution in [2.24, 2.45) is 0 Å². The van der Waals surface area contributed by atoms with Crippen molar-refractivity contribution in [3.63, 3.8) is 0 Å². The predicted octanol–water partition coefficient (Wildman–Crippen LogP) is 4.65. The summed E-state index contributed by atoms with van der Waals surface area (Å²) < 4.78 is 16.8. The number of aryl methyl sites for hydroxylation is 1. The molecule has 164 valence electrons. The van der Waals surface area contributed by atoms with Gasteiger partial charge in [-0.2, -0.15) is 0 Å². The number of nitrogens with zero attached hydrogens (tertiary/aromatic N) is 2. The molecule has 1 aromatic heterocycles. The first-order valence-electron chi connectivity index (χ1n) is 10.0. The summed E-state index contributed by atoms with van der Waals surface area (Å²) >= 11 is 3.38. The number of rotatable bonds is 5. The van der Waals surface area contributed by atoms with Crippen LogP contribution < -0.4 is 5.32 Å². The van der Waals surface area contributed by atoms with Crippen molar-refractivity contribution >= 4 is 33.7 Å². The van der Waals surface area contributed by atoms with Crippen LogP contribution in [-0.4, -0.2) is 33.7 Å². The molecule has 0 bridgehead atoms. The van der Waals surface area contributed by atoms with E-state index in [0.717, 1.165) is 9.37 Å². The standard InChI is InChI=1S/C24H21BrFN3O3/c1-14-11-18(15(2)29(14)20-10-5-4-9-19(20)26)21(30)13-28-22(31)24(3,27-23(28)32)16-7-6-8-17(25)12-16/h4-12H,13H2,1-3H3,(H,27,32). The van der Waals surface area contributed by atoms with Crippen molar-refractivity contribution in [1.29, 1.82) is 0 Å². The van der Waals surface area contributed by atoms with Crippen molar-refractivity contribution in [3.05, 3.63) is 87.4 Å². The molecule has 1 aliphatic rings. The van der Waals surface area contributed by atoms with Crippen LogP contribution in [0.15, 0.2) is 59.1 Å². The number of ketones is 1. The Morgan fingerprint density at radius 3 is 2.50 bits per heavy atom. The van der Waals surface area contributed by atoms with Gasteiger partial charge in [0.15, 0.2) is 5.78 Å². The van der Waals surface area contributed by atoms with Gasteiger partial charge in [-0.3, -0.25) is 14.5 Å². The first kappa shape index (κ1) is 22.0. The number of aromatic nitrogens is 1. The molecular weight excluding hydrogens is 477 g/mol. The number of para-hydroxylation sites is 1. The van der Waals surface area contributed by atoms with Crippen LogP contribution in [0.3, 0.4) is 0 Å².